The van der Waals surface area contributed by atoms with Gasteiger partial charge in [-0.3, -0.25) is 4.79 Å². The summed E-state index contributed by atoms with van der Waals surface area (Å²) in [5.41, 5.74) is 6.43. The highest BCUT2D eigenvalue weighted by Gasteiger charge is 2.07. The average Bonchev–Trinajstić information content (AvgIpc) is 2.49. The van der Waals surface area contributed by atoms with Gasteiger partial charge in [0.25, 0.3) is 5.91 Å². The first-order valence-corrected chi connectivity index (χ1v) is 6.63. The Morgan fingerprint density at radius 3 is 2.76 bits per heavy atom. The summed E-state index contributed by atoms with van der Waals surface area (Å²) in [6.45, 7) is 2.36. The molecule has 0 unspecified atom stereocenters. The first-order valence-electron chi connectivity index (χ1n) is 6.63. The Morgan fingerprint density at radius 2 is 2.10 bits per heavy atom. The quantitative estimate of drug-likeness (QED) is 0.207. The summed E-state index contributed by atoms with van der Waals surface area (Å²) in [6.07, 6.45) is 0. The van der Waals surface area contributed by atoms with Crippen molar-refractivity contribution in [2.24, 2.45) is 10.9 Å². The van der Waals surface area contributed by atoms with Crippen LogP contribution in [0.4, 0.5) is 0 Å². The van der Waals surface area contributed by atoms with Gasteiger partial charge >= 0.3 is 0 Å². The summed E-state index contributed by atoms with van der Waals surface area (Å²) in [5.74, 6) is -0.254. The van der Waals surface area contributed by atoms with Crippen molar-refractivity contribution in [1.82, 2.24) is 10.2 Å². The van der Waals surface area contributed by atoms with Crippen LogP contribution in [0.5, 0.6) is 0 Å². The molecule has 21 heavy (non-hydrogen) atoms. The predicted octanol–water partition coefficient (Wildman–Crippen LogP) is 0.0891. The van der Waals surface area contributed by atoms with E-state index >= 15 is 0 Å². The molecule has 7 heteroatoms. The van der Waals surface area contributed by atoms with Gasteiger partial charge < -0.3 is 25.9 Å². The van der Waals surface area contributed by atoms with Crippen LogP contribution in [0.3, 0.4) is 0 Å². The zero-order valence-corrected chi connectivity index (χ0v) is 12.4. The Bertz CT molecular complexity index is 489. The van der Waals surface area contributed by atoms with Gasteiger partial charge in [-0.25, -0.2) is 0 Å². The zero-order valence-electron chi connectivity index (χ0n) is 12.4. The highest BCUT2D eigenvalue weighted by atomic mass is 16.5. The van der Waals surface area contributed by atoms with Crippen LogP contribution in [0.1, 0.15) is 15.9 Å². The molecule has 0 saturated carbocycles. The number of oxime groups is 1. The molecule has 0 aromatic heterocycles. The number of amidine groups is 1. The fourth-order valence-corrected chi connectivity index (χ4v) is 1.57. The maximum Gasteiger partial charge on any atom is 0.251 e. The molecular formula is C14H22N4O3. The van der Waals surface area contributed by atoms with Crippen LogP contribution in [0.25, 0.3) is 0 Å². The molecule has 0 aliphatic heterocycles. The SMILES string of the molecule is CN(C)CCOCCNC(=O)c1cccc(/C(N)=N/O)c1. The number of ether oxygens (including phenoxy) is 1. The van der Waals surface area contributed by atoms with Crippen LogP contribution in [0, 0.1) is 0 Å². The molecule has 0 aliphatic carbocycles. The van der Waals surface area contributed by atoms with Gasteiger partial charge in [0.15, 0.2) is 5.84 Å². The minimum atomic E-state index is -0.223. The van der Waals surface area contributed by atoms with Crippen molar-refractivity contribution in [3.8, 4) is 0 Å². The summed E-state index contributed by atoms with van der Waals surface area (Å²) < 4.78 is 5.38. The summed E-state index contributed by atoms with van der Waals surface area (Å²) in [4.78, 5) is 14.0. The fourth-order valence-electron chi connectivity index (χ4n) is 1.57. The predicted molar refractivity (Wildman–Crippen MR) is 80.7 cm³/mol. The van der Waals surface area contributed by atoms with Crippen LogP contribution in [0.2, 0.25) is 0 Å². The Hall–Kier alpha value is -2.12. The molecule has 4 N–H and O–H groups in total. The van der Waals surface area contributed by atoms with Gasteiger partial charge in [0.1, 0.15) is 0 Å². The van der Waals surface area contributed by atoms with E-state index in [1.807, 2.05) is 19.0 Å². The molecule has 1 aromatic carbocycles. The van der Waals surface area contributed by atoms with Crippen molar-refractivity contribution >= 4 is 11.7 Å². The van der Waals surface area contributed by atoms with Crippen LogP contribution in [0.15, 0.2) is 29.4 Å². The largest absolute Gasteiger partial charge is 0.409 e. The van der Waals surface area contributed by atoms with E-state index in [1.165, 1.54) is 0 Å². The third-order valence-corrected chi connectivity index (χ3v) is 2.74. The number of hydrogen-bond donors (Lipinski definition) is 3. The van der Waals surface area contributed by atoms with Gasteiger partial charge in [0, 0.05) is 24.2 Å². The van der Waals surface area contributed by atoms with Crippen LogP contribution in [-0.2, 0) is 4.74 Å². The van der Waals surface area contributed by atoms with Crippen LogP contribution in [-0.4, -0.2) is 62.2 Å². The highest BCUT2D eigenvalue weighted by Crippen LogP contribution is 2.05. The maximum atomic E-state index is 11.9. The van der Waals surface area contributed by atoms with E-state index in [-0.39, 0.29) is 11.7 Å². The first-order chi connectivity index (χ1) is 10.0. The van der Waals surface area contributed by atoms with E-state index in [1.54, 1.807) is 24.3 Å². The molecular weight excluding hydrogens is 272 g/mol. The van der Waals surface area contributed by atoms with E-state index in [2.05, 4.69) is 10.5 Å². The number of hydrogen-bond acceptors (Lipinski definition) is 5. The third-order valence-electron chi connectivity index (χ3n) is 2.74. The van der Waals surface area contributed by atoms with E-state index in [0.717, 1.165) is 6.54 Å². The lowest BCUT2D eigenvalue weighted by Crippen LogP contribution is -2.28. The molecule has 0 radical (unpaired) electrons. The third kappa shape index (κ3) is 6.24. The van der Waals surface area contributed by atoms with Crippen molar-refractivity contribution in [2.75, 3.05) is 40.4 Å². The van der Waals surface area contributed by atoms with Gasteiger partial charge in [-0.2, -0.15) is 0 Å². The zero-order chi connectivity index (χ0) is 15.7. The molecule has 0 aliphatic rings. The monoisotopic (exact) mass is 294 g/mol. The number of nitrogens with two attached hydrogens (primary N) is 1. The molecule has 1 aromatic rings. The van der Waals surface area contributed by atoms with Gasteiger partial charge in [0.05, 0.1) is 13.2 Å². The molecule has 0 bridgehead atoms. The smallest absolute Gasteiger partial charge is 0.251 e. The van der Waals surface area contributed by atoms with Gasteiger partial charge in [-0.15, -0.1) is 0 Å². The fraction of sp³-hybridized carbons (Fsp3) is 0.429. The topological polar surface area (TPSA) is 100 Å². The molecule has 0 atom stereocenters. The molecule has 0 heterocycles. The average molecular weight is 294 g/mol. The maximum absolute atomic E-state index is 11.9. The van der Waals surface area contributed by atoms with Gasteiger partial charge in [0.2, 0.25) is 0 Å². The van der Waals surface area contributed by atoms with Gasteiger partial charge in [-0.05, 0) is 26.2 Å². The highest BCUT2D eigenvalue weighted by molar-refractivity contribution is 6.01. The lowest BCUT2D eigenvalue weighted by atomic mass is 10.1. The molecule has 1 amide bonds. The lowest BCUT2D eigenvalue weighted by Gasteiger charge is -2.10. The number of nitrogens with one attached hydrogen (secondary N) is 1. The second kappa shape index (κ2) is 8.93. The normalized spacial score (nSPS) is 11.7. The summed E-state index contributed by atoms with van der Waals surface area (Å²) >= 11 is 0. The molecule has 1 rings (SSSR count). The second-order valence-electron chi connectivity index (χ2n) is 4.74. The molecule has 0 spiro atoms. The Balaban J connectivity index is 2.39. The minimum absolute atomic E-state index is 0.0309. The summed E-state index contributed by atoms with van der Waals surface area (Å²) in [7, 11) is 3.94. The Morgan fingerprint density at radius 1 is 1.38 bits per heavy atom. The number of amides is 1. The van der Waals surface area contributed by atoms with E-state index in [4.69, 9.17) is 15.7 Å². The van der Waals surface area contributed by atoms with Crippen molar-refractivity contribution in [3.63, 3.8) is 0 Å². The number of nitrogens with zero attached hydrogens (tertiary/aromatic N) is 2. The van der Waals surface area contributed by atoms with Crippen molar-refractivity contribution < 1.29 is 14.7 Å². The number of carbonyl (C=O) groups excluding carboxylic acids is 1. The Labute approximate surface area is 124 Å². The minimum Gasteiger partial charge on any atom is -0.409 e. The molecule has 0 fully saturated rings. The standard InChI is InChI=1S/C14H22N4O3/c1-18(2)7-9-21-8-6-16-14(19)12-5-3-4-11(10-12)13(15)17-20/h3-5,10,20H,6-9H2,1-2H3,(H2,15,17)(H,16,19). The Kier molecular flexibility index (Phi) is 7.20. The van der Waals surface area contributed by atoms with Crippen molar-refractivity contribution in [3.05, 3.63) is 35.4 Å². The number of rotatable bonds is 8. The number of benzene rings is 1. The summed E-state index contributed by atoms with van der Waals surface area (Å²) in [5, 5.41) is 14.3. The van der Waals surface area contributed by atoms with Crippen molar-refractivity contribution in [2.45, 2.75) is 0 Å². The first kappa shape index (κ1) is 16.9. The number of likely N-dealkylation sites (N-methyl/N-ethyl adjacent to an activating group) is 1. The van der Waals surface area contributed by atoms with E-state index in [0.29, 0.717) is 30.9 Å². The van der Waals surface area contributed by atoms with Gasteiger partial charge in [-0.1, -0.05) is 17.3 Å². The lowest BCUT2D eigenvalue weighted by molar-refractivity contribution is 0.0900. The van der Waals surface area contributed by atoms with Crippen LogP contribution < -0.4 is 11.1 Å². The molecule has 116 valence electrons. The second-order valence-corrected chi connectivity index (χ2v) is 4.74. The van der Waals surface area contributed by atoms with E-state index in [9.17, 15) is 4.79 Å². The van der Waals surface area contributed by atoms with Crippen LogP contribution >= 0.6 is 0 Å². The molecule has 7 nitrogen and oxygen atoms in total. The van der Waals surface area contributed by atoms with Crippen molar-refractivity contribution in [1.29, 1.82) is 0 Å². The summed E-state index contributed by atoms with van der Waals surface area (Å²) in [6, 6.07) is 6.57. The van der Waals surface area contributed by atoms with E-state index < -0.39 is 0 Å². The number of carbonyl (C=O) groups is 1. The molecule has 0 saturated heterocycles.